The summed E-state index contributed by atoms with van der Waals surface area (Å²) < 4.78 is 0.609. The van der Waals surface area contributed by atoms with Crippen molar-refractivity contribution in [2.45, 2.75) is 18.9 Å². The first-order chi connectivity index (χ1) is 10.2. The van der Waals surface area contributed by atoms with Crippen molar-refractivity contribution in [2.75, 3.05) is 11.4 Å². The van der Waals surface area contributed by atoms with E-state index in [0.717, 1.165) is 24.9 Å². The minimum Gasteiger partial charge on any atom is -0.344 e. The molecular weight excluding hydrogens is 336 g/mol. The van der Waals surface area contributed by atoms with Crippen LogP contribution in [0.15, 0.2) is 41.3 Å². The number of hydrogen-bond acceptors (Lipinski definition) is 5. The zero-order valence-electron chi connectivity index (χ0n) is 11.1. The van der Waals surface area contributed by atoms with E-state index in [9.17, 15) is 10.1 Å². The molecule has 1 atom stereocenters. The molecule has 1 saturated heterocycles. The minimum absolute atomic E-state index is 0.0327. The normalized spacial score (nSPS) is 18.0. The molecule has 0 amide bonds. The van der Waals surface area contributed by atoms with E-state index in [4.69, 9.17) is 0 Å². The number of aromatic nitrogens is 2. The van der Waals surface area contributed by atoms with E-state index in [1.165, 1.54) is 6.07 Å². The number of rotatable bonds is 3. The van der Waals surface area contributed by atoms with Gasteiger partial charge in [-0.2, -0.15) is 0 Å². The van der Waals surface area contributed by atoms with E-state index < -0.39 is 0 Å². The Morgan fingerprint density at radius 1 is 1.38 bits per heavy atom. The Hall–Kier alpha value is -2.02. The van der Waals surface area contributed by atoms with Crippen molar-refractivity contribution < 1.29 is 4.92 Å². The highest BCUT2D eigenvalue weighted by molar-refractivity contribution is 9.10. The van der Waals surface area contributed by atoms with Crippen molar-refractivity contribution in [3.63, 3.8) is 0 Å². The van der Waals surface area contributed by atoms with Gasteiger partial charge in [0, 0.05) is 35.7 Å². The molecule has 0 radical (unpaired) electrons. The second-order valence-electron chi connectivity index (χ2n) is 4.89. The van der Waals surface area contributed by atoms with Crippen molar-refractivity contribution >= 4 is 27.4 Å². The molecule has 2 aromatic heterocycles. The average Bonchev–Trinajstić information content (AvgIpc) is 2.97. The summed E-state index contributed by atoms with van der Waals surface area (Å²) in [5.41, 5.74) is 1.15. The lowest BCUT2D eigenvalue weighted by Gasteiger charge is -2.25. The third-order valence-corrected chi connectivity index (χ3v) is 4.06. The molecule has 7 heteroatoms. The lowest BCUT2D eigenvalue weighted by molar-refractivity contribution is -0.384. The van der Waals surface area contributed by atoms with E-state index in [0.29, 0.717) is 10.3 Å². The number of pyridine rings is 2. The molecule has 0 N–H and O–H groups in total. The second kappa shape index (κ2) is 5.77. The summed E-state index contributed by atoms with van der Waals surface area (Å²) in [6, 6.07) is 5.52. The molecule has 1 unspecified atom stereocenters. The summed E-state index contributed by atoms with van der Waals surface area (Å²) in [6.45, 7) is 0.766. The average molecular weight is 349 g/mol. The maximum Gasteiger partial charge on any atom is 0.312 e. The van der Waals surface area contributed by atoms with Gasteiger partial charge in [0.15, 0.2) is 0 Å². The molecule has 0 spiro atoms. The highest BCUT2D eigenvalue weighted by atomic mass is 79.9. The van der Waals surface area contributed by atoms with Crippen LogP contribution >= 0.6 is 15.9 Å². The van der Waals surface area contributed by atoms with E-state index >= 15 is 0 Å². The fourth-order valence-corrected chi connectivity index (χ4v) is 3.05. The topological polar surface area (TPSA) is 72.2 Å². The van der Waals surface area contributed by atoms with Gasteiger partial charge in [-0.05, 0) is 46.5 Å². The third kappa shape index (κ3) is 2.73. The lowest BCUT2D eigenvalue weighted by atomic mass is 10.1. The second-order valence-corrected chi connectivity index (χ2v) is 5.80. The quantitative estimate of drug-likeness (QED) is 0.627. The fourth-order valence-electron chi connectivity index (χ4n) is 2.73. The van der Waals surface area contributed by atoms with Gasteiger partial charge in [0.1, 0.15) is 0 Å². The molecule has 1 aliphatic heterocycles. The highest BCUT2D eigenvalue weighted by Crippen LogP contribution is 2.39. The lowest BCUT2D eigenvalue weighted by Crippen LogP contribution is -2.24. The molecule has 21 heavy (non-hydrogen) atoms. The summed E-state index contributed by atoms with van der Waals surface area (Å²) in [6.07, 6.45) is 7.04. The predicted octanol–water partition coefficient (Wildman–Crippen LogP) is 3.49. The summed E-state index contributed by atoms with van der Waals surface area (Å²) in [5, 5.41) is 11.3. The van der Waals surface area contributed by atoms with Crippen molar-refractivity contribution in [2.24, 2.45) is 0 Å². The van der Waals surface area contributed by atoms with Gasteiger partial charge in [0.25, 0.3) is 0 Å². The van der Waals surface area contributed by atoms with Gasteiger partial charge in [-0.3, -0.25) is 15.1 Å². The molecule has 3 rings (SSSR count). The summed E-state index contributed by atoms with van der Waals surface area (Å²) in [7, 11) is 0. The van der Waals surface area contributed by atoms with Crippen LogP contribution in [0.1, 0.15) is 24.4 Å². The molecule has 3 heterocycles. The molecule has 6 nitrogen and oxygen atoms in total. The Bertz CT molecular complexity index is 665. The summed E-state index contributed by atoms with van der Waals surface area (Å²) in [4.78, 5) is 21.2. The van der Waals surface area contributed by atoms with Crippen molar-refractivity contribution in [3.05, 3.63) is 56.9 Å². The van der Waals surface area contributed by atoms with Gasteiger partial charge < -0.3 is 4.90 Å². The van der Waals surface area contributed by atoms with Gasteiger partial charge in [-0.1, -0.05) is 0 Å². The number of halogens is 1. The number of nitrogens with zero attached hydrogens (tertiary/aromatic N) is 4. The minimum atomic E-state index is -0.380. The van der Waals surface area contributed by atoms with Crippen molar-refractivity contribution in [3.8, 4) is 0 Å². The smallest absolute Gasteiger partial charge is 0.312 e. The molecule has 1 aliphatic rings. The zero-order chi connectivity index (χ0) is 14.8. The van der Waals surface area contributed by atoms with Gasteiger partial charge in [0.05, 0.1) is 11.0 Å². The molecular formula is C14H13BrN4O2. The number of hydrogen-bond donors (Lipinski definition) is 0. The number of anilines is 1. The molecule has 0 saturated carbocycles. The number of nitro groups is 1. The Labute approximate surface area is 130 Å². The SMILES string of the molecule is O=[N+]([O-])c1cc(Br)cnc1N1CCCC1c1ccncc1. The van der Waals surface area contributed by atoms with Crippen LogP contribution < -0.4 is 4.90 Å². The molecule has 1 fully saturated rings. The van der Waals surface area contributed by atoms with Crippen LogP contribution in [0, 0.1) is 10.1 Å². The first-order valence-corrected chi connectivity index (χ1v) is 7.42. The van der Waals surface area contributed by atoms with Crippen LogP contribution in [0.4, 0.5) is 11.5 Å². The Kier molecular flexibility index (Phi) is 3.83. The van der Waals surface area contributed by atoms with E-state index in [2.05, 4.69) is 25.9 Å². The van der Waals surface area contributed by atoms with Crippen LogP contribution in [0.3, 0.4) is 0 Å². The Morgan fingerprint density at radius 3 is 2.86 bits per heavy atom. The maximum atomic E-state index is 11.3. The summed E-state index contributed by atoms with van der Waals surface area (Å²) >= 11 is 3.24. The van der Waals surface area contributed by atoms with Crippen LogP contribution in [0.25, 0.3) is 0 Å². The molecule has 0 bridgehead atoms. The Morgan fingerprint density at radius 2 is 2.14 bits per heavy atom. The van der Waals surface area contributed by atoms with Crippen molar-refractivity contribution in [1.82, 2.24) is 9.97 Å². The largest absolute Gasteiger partial charge is 0.344 e. The van der Waals surface area contributed by atoms with Gasteiger partial charge >= 0.3 is 5.69 Å². The monoisotopic (exact) mass is 348 g/mol. The molecule has 2 aromatic rings. The van der Waals surface area contributed by atoms with Gasteiger partial charge in [-0.25, -0.2) is 4.98 Å². The molecule has 0 aromatic carbocycles. The van der Waals surface area contributed by atoms with Crippen molar-refractivity contribution in [1.29, 1.82) is 0 Å². The fraction of sp³-hybridized carbons (Fsp3) is 0.286. The van der Waals surface area contributed by atoms with Crippen LogP contribution in [-0.2, 0) is 0 Å². The highest BCUT2D eigenvalue weighted by Gasteiger charge is 2.32. The van der Waals surface area contributed by atoms with E-state index in [1.54, 1.807) is 18.6 Å². The molecule has 108 valence electrons. The van der Waals surface area contributed by atoms with Crippen LogP contribution in [0.2, 0.25) is 0 Å². The maximum absolute atomic E-state index is 11.3. The van der Waals surface area contributed by atoms with Crippen LogP contribution in [-0.4, -0.2) is 21.4 Å². The zero-order valence-corrected chi connectivity index (χ0v) is 12.7. The van der Waals surface area contributed by atoms with E-state index in [-0.39, 0.29) is 16.7 Å². The molecule has 0 aliphatic carbocycles. The predicted molar refractivity (Wildman–Crippen MR) is 82.1 cm³/mol. The Balaban J connectivity index is 2.01. The van der Waals surface area contributed by atoms with E-state index in [1.807, 2.05) is 17.0 Å². The van der Waals surface area contributed by atoms with Crippen LogP contribution in [0.5, 0.6) is 0 Å². The summed E-state index contributed by atoms with van der Waals surface area (Å²) in [5.74, 6) is 0.433. The van der Waals surface area contributed by atoms with Gasteiger partial charge in [-0.15, -0.1) is 0 Å². The van der Waals surface area contributed by atoms with Gasteiger partial charge in [0.2, 0.25) is 5.82 Å². The third-order valence-electron chi connectivity index (χ3n) is 3.63. The first kappa shape index (κ1) is 13.9. The first-order valence-electron chi connectivity index (χ1n) is 6.63. The standard InChI is InChI=1S/C14H13BrN4O2/c15-11-8-13(19(20)21)14(17-9-11)18-7-1-2-12(18)10-3-5-16-6-4-10/h3-6,8-9,12H,1-2,7H2.